The Labute approximate surface area is 383 Å². The quantitative estimate of drug-likeness (QED) is 0.0899. The summed E-state index contributed by atoms with van der Waals surface area (Å²) in [7, 11) is 18.2. The Kier molecular flexibility index (Phi) is 12.6. The maximum atomic E-state index is 9.53. The van der Waals surface area contributed by atoms with Crippen molar-refractivity contribution in [2.24, 2.45) is 0 Å². The van der Waals surface area contributed by atoms with Crippen molar-refractivity contribution in [3.63, 3.8) is 0 Å². The molecule has 0 N–H and O–H groups in total. The monoisotopic (exact) mass is 947 g/mol. The molecule has 4 heteroatoms. The third kappa shape index (κ3) is 7.19. The third-order valence-corrected chi connectivity index (χ3v) is 37.9. The van der Waals surface area contributed by atoms with Gasteiger partial charge in [0.2, 0.25) is 0 Å². The summed E-state index contributed by atoms with van der Waals surface area (Å²) in [5.41, 5.74) is 19.2. The van der Waals surface area contributed by atoms with E-state index in [0.717, 1.165) is 51.4 Å². The molecule has 0 nitrogen and oxygen atoms in total. The van der Waals surface area contributed by atoms with Crippen molar-refractivity contribution in [1.82, 2.24) is 0 Å². The summed E-state index contributed by atoms with van der Waals surface area (Å²) in [5.74, 6) is 0.833. The summed E-state index contributed by atoms with van der Waals surface area (Å²) in [6.07, 6.45) is 13.8. The van der Waals surface area contributed by atoms with Crippen molar-refractivity contribution in [2.45, 2.75) is 112 Å². The molecular formula is C58H63Cl2SiZr. The molecule has 9 rings (SSSR count). The number of fused-ring (bicyclic) bond motifs is 5. The normalized spacial score (nSPS) is 18.3. The molecular weight excluding hydrogens is 887 g/mol. The van der Waals surface area contributed by atoms with Gasteiger partial charge in [0, 0.05) is 0 Å². The predicted molar refractivity (Wildman–Crippen MR) is 273 cm³/mol. The minimum atomic E-state index is -5.69. The van der Waals surface area contributed by atoms with E-state index in [1.165, 1.54) is 91.6 Å². The molecule has 4 atom stereocenters. The topological polar surface area (TPSA) is 0 Å². The molecule has 3 aliphatic rings. The van der Waals surface area contributed by atoms with E-state index in [1.54, 1.807) is 0 Å². The fourth-order valence-electron chi connectivity index (χ4n) is 11.7. The van der Waals surface area contributed by atoms with E-state index in [-0.39, 0.29) is 7.25 Å². The first-order chi connectivity index (χ1) is 30.1. The molecule has 2 aliphatic carbocycles. The molecule has 0 radical (unpaired) electrons. The van der Waals surface area contributed by atoms with Crippen molar-refractivity contribution in [2.75, 3.05) is 0 Å². The Balaban J connectivity index is 1.40. The average molecular weight is 950 g/mol. The molecule has 317 valence electrons. The molecule has 6 aromatic rings. The van der Waals surface area contributed by atoms with Crippen molar-refractivity contribution in [3.8, 4) is 33.4 Å². The van der Waals surface area contributed by atoms with Crippen LogP contribution in [0.1, 0.15) is 145 Å². The van der Waals surface area contributed by atoms with Gasteiger partial charge in [0.15, 0.2) is 0 Å². The van der Waals surface area contributed by atoms with Gasteiger partial charge in [0.05, 0.1) is 0 Å². The van der Waals surface area contributed by atoms with Gasteiger partial charge in [-0.25, -0.2) is 0 Å². The van der Waals surface area contributed by atoms with Gasteiger partial charge in [0.1, 0.15) is 0 Å². The average Bonchev–Trinajstić information content (AvgIpc) is 4.01. The van der Waals surface area contributed by atoms with Gasteiger partial charge >= 0.3 is 386 Å². The number of rotatable bonds is 15. The van der Waals surface area contributed by atoms with Crippen LogP contribution in [-0.2, 0) is 16.4 Å². The maximum absolute atomic E-state index is 9.53. The zero-order valence-corrected chi connectivity index (χ0v) is 43.1. The first-order valence-corrected chi connectivity index (χ1v) is 35.6. The Bertz CT molecular complexity index is 2560. The van der Waals surface area contributed by atoms with E-state index in [4.69, 9.17) is 0 Å². The molecule has 0 bridgehead atoms. The molecule has 0 saturated carbocycles. The second-order valence-electron chi connectivity index (χ2n) is 18.7. The standard InChI is InChI=1S/2C23H27.C12H9Si.2ClH.Zr/c2*1-4-6-10-18-15-20-13-14-21(17(3)5-2)23(22(20)16-18)19-11-8-7-9-12-19;1-3-7-11-9(5-1)10-6-2-4-8-12(10)13-11;;;/h2*7-9,11-17H,4-6,10H2,1-3H3;1-7H,13H2;2*1H;/q;;;;;+2/p-2. The van der Waals surface area contributed by atoms with Crippen LogP contribution in [0.2, 0.25) is 0 Å². The molecule has 0 saturated heterocycles. The van der Waals surface area contributed by atoms with Crippen LogP contribution in [0.3, 0.4) is 0 Å². The van der Waals surface area contributed by atoms with Crippen LogP contribution in [0.5, 0.6) is 0 Å². The Morgan fingerprint density at radius 1 is 0.532 bits per heavy atom. The van der Waals surface area contributed by atoms with Gasteiger partial charge in [-0.15, -0.1) is 0 Å². The molecule has 6 aromatic carbocycles. The number of allylic oxidation sites excluding steroid dienone is 2. The van der Waals surface area contributed by atoms with Crippen molar-refractivity contribution in [1.29, 1.82) is 0 Å². The Morgan fingerprint density at radius 2 is 1.00 bits per heavy atom. The van der Waals surface area contributed by atoms with E-state index < -0.39 is 25.9 Å². The van der Waals surface area contributed by atoms with E-state index in [0.29, 0.717) is 11.8 Å². The number of benzene rings is 6. The van der Waals surface area contributed by atoms with Crippen LogP contribution < -0.4 is 13.6 Å². The predicted octanol–water partition coefficient (Wildman–Crippen LogP) is 15.4. The van der Waals surface area contributed by atoms with Crippen molar-refractivity contribution >= 4 is 52.3 Å². The first-order valence-electron chi connectivity index (χ1n) is 23.8. The van der Waals surface area contributed by atoms with E-state index >= 15 is 0 Å². The summed E-state index contributed by atoms with van der Waals surface area (Å²) in [6.45, 7) is 14.1. The van der Waals surface area contributed by atoms with Crippen LogP contribution >= 0.6 is 17.0 Å². The molecule has 0 aromatic heterocycles. The SMILES string of the molecule is CCCCC1=Cc2c(ccc(C(C)CC)c2-c2ccccc2)[CH]1[Zr]([Cl])([Cl])([c]1cccc2c1[SiH2]c1ccccc1-2)[CH]1C(CCCC)=Cc2c1ccc(C(C)CC)c2-c1ccccc1. The van der Waals surface area contributed by atoms with Crippen LogP contribution in [0, 0.1) is 0 Å². The Hall–Kier alpha value is -3.52. The summed E-state index contributed by atoms with van der Waals surface area (Å²) >= 11 is -5.69. The van der Waals surface area contributed by atoms with Gasteiger partial charge in [-0.05, 0) is 0 Å². The van der Waals surface area contributed by atoms with Gasteiger partial charge in [-0.1, -0.05) is 0 Å². The summed E-state index contributed by atoms with van der Waals surface area (Å²) < 4.78 is 1.18. The second kappa shape index (κ2) is 17.8. The molecule has 0 fully saturated rings. The Morgan fingerprint density at radius 3 is 1.48 bits per heavy atom. The van der Waals surface area contributed by atoms with Gasteiger partial charge in [-0.3, -0.25) is 0 Å². The molecule has 0 spiro atoms. The van der Waals surface area contributed by atoms with Gasteiger partial charge < -0.3 is 0 Å². The second-order valence-corrected chi connectivity index (χ2v) is 41.2. The number of unbranched alkanes of at least 4 members (excludes halogenated alkanes) is 2. The van der Waals surface area contributed by atoms with Crippen LogP contribution in [-0.4, -0.2) is 9.52 Å². The third-order valence-electron chi connectivity index (χ3n) is 15.1. The van der Waals surface area contributed by atoms with E-state index in [2.05, 4.69) is 181 Å². The van der Waals surface area contributed by atoms with Gasteiger partial charge in [-0.2, -0.15) is 0 Å². The molecule has 4 unspecified atom stereocenters. The zero-order chi connectivity index (χ0) is 43.2. The minimum absolute atomic E-state index is 0.0747. The number of hydrogen-bond acceptors (Lipinski definition) is 0. The molecule has 1 aliphatic heterocycles. The molecule has 1 heterocycles. The van der Waals surface area contributed by atoms with Crippen LogP contribution in [0.15, 0.2) is 139 Å². The fraction of sp³-hybridized carbons (Fsp3) is 0.310. The first kappa shape index (κ1) is 43.7. The summed E-state index contributed by atoms with van der Waals surface area (Å²) in [4.78, 5) is 0. The van der Waals surface area contributed by atoms with Crippen molar-refractivity contribution < 1.29 is 16.4 Å². The number of halogens is 2. The van der Waals surface area contributed by atoms with Crippen molar-refractivity contribution in [3.05, 3.63) is 172 Å². The zero-order valence-electron chi connectivity index (χ0n) is 37.7. The summed E-state index contributed by atoms with van der Waals surface area (Å²) in [6, 6.07) is 48.5. The van der Waals surface area contributed by atoms with Crippen LogP contribution in [0.4, 0.5) is 0 Å². The fourth-order valence-corrected chi connectivity index (χ4v) is 39.7. The van der Waals surface area contributed by atoms with E-state index in [9.17, 15) is 17.0 Å². The summed E-state index contributed by atoms with van der Waals surface area (Å²) in [5, 5.41) is 3.01. The van der Waals surface area contributed by atoms with Gasteiger partial charge in [0.25, 0.3) is 0 Å². The van der Waals surface area contributed by atoms with Crippen LogP contribution in [0.25, 0.3) is 45.5 Å². The molecule has 62 heavy (non-hydrogen) atoms. The van der Waals surface area contributed by atoms with E-state index in [1.807, 2.05) is 0 Å². The molecule has 0 amide bonds. The number of hydrogen-bond donors (Lipinski definition) is 0.